The number of carbonyl (C=O) groups excluding carboxylic acids is 1. The second-order valence-electron chi connectivity index (χ2n) is 4.51. The Morgan fingerprint density at radius 1 is 1.00 bits per heavy atom. The Hall–Kier alpha value is -2.49. The number of benzene rings is 2. The van der Waals surface area contributed by atoms with Gasteiger partial charge in [0.05, 0.1) is 14.2 Å². The van der Waals surface area contributed by atoms with Gasteiger partial charge in [0, 0.05) is 5.56 Å². The predicted molar refractivity (Wildman–Crippen MR) is 73.5 cm³/mol. The maximum Gasteiger partial charge on any atom is 0.323 e. The Labute approximate surface area is 116 Å². The highest BCUT2D eigenvalue weighted by molar-refractivity contribution is 5.89. The fourth-order valence-electron chi connectivity index (χ4n) is 2.45. The van der Waals surface area contributed by atoms with Crippen LogP contribution in [-0.2, 0) is 4.79 Å². The summed E-state index contributed by atoms with van der Waals surface area (Å²) in [6.45, 7) is 0. The van der Waals surface area contributed by atoms with Gasteiger partial charge in [0.2, 0.25) is 0 Å². The van der Waals surface area contributed by atoms with E-state index in [2.05, 4.69) is 0 Å². The maximum absolute atomic E-state index is 12.1. The zero-order valence-corrected chi connectivity index (χ0v) is 11.3. The standard InChI is InChI=1S/C16H14O4/c1-18-13-8-7-10(9-14(13)19-2)15-11-5-3-4-6-12(11)20-16(15)17/h3-9,15H,1-2H3. The molecule has 1 aliphatic heterocycles. The number of hydrogen-bond donors (Lipinski definition) is 0. The SMILES string of the molecule is COc1ccc(C2C(=O)Oc3ccccc32)cc1OC. The van der Waals surface area contributed by atoms with Crippen molar-refractivity contribution >= 4 is 5.97 Å². The zero-order valence-electron chi connectivity index (χ0n) is 11.3. The van der Waals surface area contributed by atoms with Gasteiger partial charge >= 0.3 is 5.97 Å². The Morgan fingerprint density at radius 3 is 2.50 bits per heavy atom. The summed E-state index contributed by atoms with van der Waals surface area (Å²) in [4.78, 5) is 12.1. The van der Waals surface area contributed by atoms with Crippen molar-refractivity contribution in [3.8, 4) is 17.2 Å². The largest absolute Gasteiger partial charge is 0.493 e. The Kier molecular flexibility index (Phi) is 3.06. The molecule has 0 saturated carbocycles. The summed E-state index contributed by atoms with van der Waals surface area (Å²) in [7, 11) is 3.15. The molecule has 102 valence electrons. The van der Waals surface area contributed by atoms with Gasteiger partial charge in [0.25, 0.3) is 0 Å². The molecule has 0 amide bonds. The van der Waals surface area contributed by atoms with Crippen LogP contribution in [0.2, 0.25) is 0 Å². The van der Waals surface area contributed by atoms with Crippen LogP contribution in [0.1, 0.15) is 17.0 Å². The molecular formula is C16H14O4. The molecule has 4 nitrogen and oxygen atoms in total. The Bertz CT molecular complexity index is 663. The molecule has 0 fully saturated rings. The van der Waals surface area contributed by atoms with E-state index in [1.165, 1.54) is 0 Å². The molecule has 1 heterocycles. The molecule has 4 heteroatoms. The monoisotopic (exact) mass is 270 g/mol. The maximum atomic E-state index is 12.1. The molecule has 0 bridgehead atoms. The van der Waals surface area contributed by atoms with Crippen LogP contribution in [0.15, 0.2) is 42.5 Å². The second kappa shape index (κ2) is 4.89. The first-order chi connectivity index (χ1) is 9.74. The number of ether oxygens (including phenoxy) is 3. The van der Waals surface area contributed by atoms with Crippen molar-refractivity contribution in [1.82, 2.24) is 0 Å². The minimum Gasteiger partial charge on any atom is -0.493 e. The molecule has 0 aliphatic carbocycles. The summed E-state index contributed by atoms with van der Waals surface area (Å²) in [5.41, 5.74) is 1.71. The lowest BCUT2D eigenvalue weighted by Gasteiger charge is -2.12. The van der Waals surface area contributed by atoms with Gasteiger partial charge in [-0.25, -0.2) is 0 Å². The number of methoxy groups -OCH3 is 2. The van der Waals surface area contributed by atoms with Gasteiger partial charge in [0.15, 0.2) is 11.5 Å². The van der Waals surface area contributed by atoms with Crippen molar-refractivity contribution in [2.24, 2.45) is 0 Å². The summed E-state index contributed by atoms with van der Waals surface area (Å²) < 4.78 is 15.8. The number of para-hydroxylation sites is 1. The summed E-state index contributed by atoms with van der Waals surface area (Å²) >= 11 is 0. The first-order valence-corrected chi connectivity index (χ1v) is 6.27. The second-order valence-corrected chi connectivity index (χ2v) is 4.51. The van der Waals surface area contributed by atoms with Crippen molar-refractivity contribution in [3.63, 3.8) is 0 Å². The van der Waals surface area contributed by atoms with Crippen molar-refractivity contribution < 1.29 is 19.0 Å². The van der Waals surface area contributed by atoms with E-state index in [9.17, 15) is 4.79 Å². The summed E-state index contributed by atoms with van der Waals surface area (Å²) in [5.74, 6) is 1.18. The predicted octanol–water partition coefficient (Wildman–Crippen LogP) is 2.75. The lowest BCUT2D eigenvalue weighted by Crippen LogP contribution is -2.11. The van der Waals surface area contributed by atoms with E-state index in [1.54, 1.807) is 26.4 Å². The molecule has 2 aromatic carbocycles. The smallest absolute Gasteiger partial charge is 0.323 e. The van der Waals surface area contributed by atoms with Gasteiger partial charge in [0.1, 0.15) is 11.7 Å². The number of carbonyl (C=O) groups is 1. The molecule has 1 unspecified atom stereocenters. The van der Waals surface area contributed by atoms with Crippen LogP contribution in [0.4, 0.5) is 0 Å². The van der Waals surface area contributed by atoms with Crippen LogP contribution in [0, 0.1) is 0 Å². The summed E-state index contributed by atoms with van der Waals surface area (Å²) in [5, 5.41) is 0. The average Bonchev–Trinajstić information content (AvgIpc) is 2.82. The summed E-state index contributed by atoms with van der Waals surface area (Å²) in [6.07, 6.45) is 0. The lowest BCUT2D eigenvalue weighted by molar-refractivity contribution is -0.133. The highest BCUT2D eigenvalue weighted by atomic mass is 16.5. The lowest BCUT2D eigenvalue weighted by atomic mass is 9.92. The van der Waals surface area contributed by atoms with Crippen LogP contribution in [-0.4, -0.2) is 20.2 Å². The molecular weight excluding hydrogens is 256 g/mol. The Balaban J connectivity index is 2.07. The highest BCUT2D eigenvalue weighted by Gasteiger charge is 2.34. The fraction of sp³-hybridized carbons (Fsp3) is 0.188. The highest BCUT2D eigenvalue weighted by Crippen LogP contribution is 2.41. The van der Waals surface area contributed by atoms with Crippen molar-refractivity contribution in [2.75, 3.05) is 14.2 Å². The van der Waals surface area contributed by atoms with Gasteiger partial charge in [-0.3, -0.25) is 4.79 Å². The molecule has 0 N–H and O–H groups in total. The van der Waals surface area contributed by atoms with Crippen molar-refractivity contribution in [1.29, 1.82) is 0 Å². The molecule has 0 spiro atoms. The molecule has 2 aromatic rings. The number of fused-ring (bicyclic) bond motifs is 1. The topological polar surface area (TPSA) is 44.8 Å². The van der Waals surface area contributed by atoms with Crippen LogP contribution in [0.5, 0.6) is 17.2 Å². The normalized spacial score (nSPS) is 16.5. The average molecular weight is 270 g/mol. The van der Waals surface area contributed by atoms with E-state index in [1.807, 2.05) is 30.3 Å². The van der Waals surface area contributed by atoms with Crippen LogP contribution in [0.25, 0.3) is 0 Å². The summed E-state index contributed by atoms with van der Waals surface area (Å²) in [6, 6.07) is 12.9. The quantitative estimate of drug-likeness (QED) is 0.635. The minimum atomic E-state index is -0.411. The van der Waals surface area contributed by atoms with Gasteiger partial charge in [-0.2, -0.15) is 0 Å². The molecule has 0 radical (unpaired) electrons. The molecule has 20 heavy (non-hydrogen) atoms. The minimum absolute atomic E-state index is 0.265. The molecule has 1 aliphatic rings. The van der Waals surface area contributed by atoms with E-state index >= 15 is 0 Å². The van der Waals surface area contributed by atoms with Crippen LogP contribution in [0.3, 0.4) is 0 Å². The van der Waals surface area contributed by atoms with E-state index in [0.29, 0.717) is 17.2 Å². The van der Waals surface area contributed by atoms with E-state index in [0.717, 1.165) is 11.1 Å². The van der Waals surface area contributed by atoms with Gasteiger partial charge in [-0.15, -0.1) is 0 Å². The number of esters is 1. The van der Waals surface area contributed by atoms with Crippen molar-refractivity contribution in [3.05, 3.63) is 53.6 Å². The van der Waals surface area contributed by atoms with Crippen LogP contribution >= 0.6 is 0 Å². The molecule has 1 atom stereocenters. The number of hydrogen-bond acceptors (Lipinski definition) is 4. The third-order valence-corrected chi connectivity index (χ3v) is 3.42. The zero-order chi connectivity index (χ0) is 14.1. The third kappa shape index (κ3) is 1.90. The molecule has 3 rings (SSSR count). The molecule has 0 saturated heterocycles. The van der Waals surface area contributed by atoms with Crippen molar-refractivity contribution in [2.45, 2.75) is 5.92 Å². The molecule has 0 aromatic heterocycles. The van der Waals surface area contributed by atoms with Gasteiger partial charge in [-0.1, -0.05) is 24.3 Å². The Morgan fingerprint density at radius 2 is 1.75 bits per heavy atom. The number of rotatable bonds is 3. The first-order valence-electron chi connectivity index (χ1n) is 6.27. The van der Waals surface area contributed by atoms with E-state index in [-0.39, 0.29) is 5.97 Å². The van der Waals surface area contributed by atoms with E-state index < -0.39 is 5.92 Å². The first kappa shape index (κ1) is 12.5. The van der Waals surface area contributed by atoms with E-state index in [4.69, 9.17) is 14.2 Å². The van der Waals surface area contributed by atoms with Gasteiger partial charge < -0.3 is 14.2 Å². The third-order valence-electron chi connectivity index (χ3n) is 3.42. The fourth-order valence-corrected chi connectivity index (χ4v) is 2.45. The van der Waals surface area contributed by atoms with Crippen LogP contribution < -0.4 is 14.2 Å². The van der Waals surface area contributed by atoms with Gasteiger partial charge in [-0.05, 0) is 23.8 Å².